The highest BCUT2D eigenvalue weighted by atomic mass is 35.5. The van der Waals surface area contributed by atoms with Gasteiger partial charge in [-0.25, -0.2) is 13.4 Å². The van der Waals surface area contributed by atoms with Gasteiger partial charge in [-0.1, -0.05) is 11.6 Å². The van der Waals surface area contributed by atoms with Crippen LogP contribution in [0.3, 0.4) is 0 Å². The molecule has 4 nitrogen and oxygen atoms in total. The molecule has 0 atom stereocenters. The molecule has 0 unspecified atom stereocenters. The normalized spacial score (nSPS) is 11.5. The van der Waals surface area contributed by atoms with Crippen LogP contribution in [0, 0.1) is 0 Å². The average molecular weight is 309 g/mol. The lowest BCUT2D eigenvalue weighted by atomic mass is 10.3. The maximum atomic E-state index is 11.0. The number of aromatic nitrogens is 1. The van der Waals surface area contributed by atoms with Crippen molar-refractivity contribution in [2.45, 2.75) is 12.7 Å². The second kappa shape index (κ2) is 7.21. The molecule has 0 amide bonds. The summed E-state index contributed by atoms with van der Waals surface area (Å²) in [7, 11) is -2.89. The van der Waals surface area contributed by atoms with Crippen LogP contribution in [0.5, 0.6) is 0 Å². The van der Waals surface area contributed by atoms with E-state index in [1.807, 2.05) is 13.0 Å². The fourth-order valence-corrected chi connectivity index (χ4v) is 3.74. The standard InChI is InChI=1S/C11H17ClN2O2S2/c1-3-13-11-5-4-9(12)10(14-11)8-17-6-7-18(2,15)16/h4-5H,3,6-8H2,1-2H3,(H,13,14). The third kappa shape index (κ3) is 5.93. The third-order valence-corrected chi connectivity index (χ3v) is 4.63. The number of sulfone groups is 1. The number of pyridine rings is 1. The van der Waals surface area contributed by atoms with Crippen LogP contribution in [-0.4, -0.2) is 37.7 Å². The zero-order valence-electron chi connectivity index (χ0n) is 10.4. The Bertz CT molecular complexity index is 492. The Kier molecular flexibility index (Phi) is 6.25. The van der Waals surface area contributed by atoms with Crippen molar-refractivity contribution >= 4 is 39.0 Å². The summed E-state index contributed by atoms with van der Waals surface area (Å²) in [6.07, 6.45) is 1.24. The summed E-state index contributed by atoms with van der Waals surface area (Å²) >= 11 is 7.56. The number of rotatable bonds is 7. The van der Waals surface area contributed by atoms with E-state index in [1.54, 1.807) is 6.07 Å². The van der Waals surface area contributed by atoms with Crippen molar-refractivity contribution in [2.75, 3.05) is 29.6 Å². The summed E-state index contributed by atoms with van der Waals surface area (Å²) in [5, 5.41) is 3.73. The van der Waals surface area contributed by atoms with E-state index < -0.39 is 9.84 Å². The Morgan fingerprint density at radius 2 is 2.17 bits per heavy atom. The third-order valence-electron chi connectivity index (χ3n) is 2.11. The van der Waals surface area contributed by atoms with Gasteiger partial charge in [0, 0.05) is 24.3 Å². The number of hydrogen-bond acceptors (Lipinski definition) is 5. The first kappa shape index (κ1) is 15.6. The summed E-state index contributed by atoms with van der Waals surface area (Å²) in [6, 6.07) is 3.63. The van der Waals surface area contributed by atoms with Gasteiger partial charge in [-0.05, 0) is 19.1 Å². The summed E-state index contributed by atoms with van der Waals surface area (Å²) in [5.74, 6) is 2.15. The van der Waals surface area contributed by atoms with Gasteiger partial charge in [0.25, 0.3) is 0 Å². The highest BCUT2D eigenvalue weighted by Crippen LogP contribution is 2.21. The minimum absolute atomic E-state index is 0.183. The SMILES string of the molecule is CCNc1ccc(Cl)c(CSCCS(C)(=O)=O)n1. The highest BCUT2D eigenvalue weighted by molar-refractivity contribution is 7.99. The van der Waals surface area contributed by atoms with Crippen molar-refractivity contribution in [2.24, 2.45) is 0 Å². The molecule has 0 saturated heterocycles. The van der Waals surface area contributed by atoms with Crippen molar-refractivity contribution in [3.63, 3.8) is 0 Å². The van der Waals surface area contributed by atoms with Crippen molar-refractivity contribution in [1.82, 2.24) is 4.98 Å². The van der Waals surface area contributed by atoms with Crippen LogP contribution in [0.25, 0.3) is 0 Å². The molecule has 0 aliphatic heterocycles. The topological polar surface area (TPSA) is 59.1 Å². The van der Waals surface area contributed by atoms with Crippen LogP contribution < -0.4 is 5.32 Å². The summed E-state index contributed by atoms with van der Waals surface area (Å²) in [5.41, 5.74) is 0.786. The molecule has 102 valence electrons. The van der Waals surface area contributed by atoms with E-state index in [2.05, 4.69) is 10.3 Å². The van der Waals surface area contributed by atoms with Gasteiger partial charge in [-0.3, -0.25) is 0 Å². The molecule has 18 heavy (non-hydrogen) atoms. The van der Waals surface area contributed by atoms with E-state index in [0.29, 0.717) is 16.5 Å². The van der Waals surface area contributed by atoms with Crippen LogP contribution in [0.15, 0.2) is 12.1 Å². The molecule has 0 aliphatic carbocycles. The number of nitrogens with zero attached hydrogens (tertiary/aromatic N) is 1. The predicted octanol–water partition coefficient (Wildman–Crippen LogP) is 2.44. The quantitative estimate of drug-likeness (QED) is 0.784. The summed E-state index contributed by atoms with van der Waals surface area (Å²) in [6.45, 7) is 2.80. The first-order valence-corrected chi connectivity index (χ1v) is 9.16. The smallest absolute Gasteiger partial charge is 0.148 e. The van der Waals surface area contributed by atoms with Crippen molar-refractivity contribution < 1.29 is 8.42 Å². The molecular weight excluding hydrogens is 292 g/mol. The van der Waals surface area contributed by atoms with Crippen LogP contribution in [0.4, 0.5) is 5.82 Å². The predicted molar refractivity (Wildman–Crippen MR) is 79.3 cm³/mol. The van der Waals surface area contributed by atoms with Crippen LogP contribution in [-0.2, 0) is 15.6 Å². The lowest BCUT2D eigenvalue weighted by molar-refractivity contribution is 0.603. The average Bonchev–Trinajstić information content (AvgIpc) is 2.27. The molecule has 1 aromatic rings. The zero-order valence-corrected chi connectivity index (χ0v) is 12.8. The molecule has 1 rings (SSSR count). The van der Waals surface area contributed by atoms with Crippen LogP contribution in [0.2, 0.25) is 5.02 Å². The molecule has 1 N–H and O–H groups in total. The largest absolute Gasteiger partial charge is 0.370 e. The molecule has 1 heterocycles. The number of hydrogen-bond donors (Lipinski definition) is 1. The summed E-state index contributed by atoms with van der Waals surface area (Å²) in [4.78, 5) is 4.38. The van der Waals surface area contributed by atoms with Gasteiger partial charge >= 0.3 is 0 Å². The van der Waals surface area contributed by atoms with E-state index >= 15 is 0 Å². The lowest BCUT2D eigenvalue weighted by Crippen LogP contribution is -2.06. The monoisotopic (exact) mass is 308 g/mol. The van der Waals surface area contributed by atoms with Crippen molar-refractivity contribution in [3.05, 3.63) is 22.8 Å². The molecule has 0 aromatic carbocycles. The maximum absolute atomic E-state index is 11.0. The van der Waals surface area contributed by atoms with Crippen molar-refractivity contribution in [1.29, 1.82) is 0 Å². The Labute approximate surface area is 117 Å². The first-order valence-electron chi connectivity index (χ1n) is 5.57. The molecule has 7 heteroatoms. The molecule has 0 spiro atoms. The number of thioether (sulfide) groups is 1. The van der Waals surface area contributed by atoms with Gasteiger partial charge in [0.1, 0.15) is 15.7 Å². The van der Waals surface area contributed by atoms with Gasteiger partial charge in [0.15, 0.2) is 0 Å². The fourth-order valence-electron chi connectivity index (χ4n) is 1.24. The van der Waals surface area contributed by atoms with E-state index in [0.717, 1.165) is 18.1 Å². The van der Waals surface area contributed by atoms with E-state index in [1.165, 1.54) is 18.0 Å². The second-order valence-corrected chi connectivity index (χ2v) is 7.61. The number of halogens is 1. The number of anilines is 1. The molecule has 0 saturated carbocycles. The zero-order chi connectivity index (χ0) is 13.6. The van der Waals surface area contributed by atoms with Gasteiger partial charge < -0.3 is 5.32 Å². The summed E-state index contributed by atoms with van der Waals surface area (Å²) < 4.78 is 22.0. The maximum Gasteiger partial charge on any atom is 0.148 e. The second-order valence-electron chi connectivity index (χ2n) is 3.84. The molecule has 1 aromatic heterocycles. The molecule has 0 aliphatic rings. The van der Waals surface area contributed by atoms with Gasteiger partial charge in [0.05, 0.1) is 16.5 Å². The molecular formula is C11H17ClN2O2S2. The Hall–Kier alpha value is -0.460. The van der Waals surface area contributed by atoms with Crippen LogP contribution >= 0.6 is 23.4 Å². The number of nitrogens with one attached hydrogen (secondary N) is 1. The van der Waals surface area contributed by atoms with E-state index in [9.17, 15) is 8.42 Å². The van der Waals surface area contributed by atoms with Gasteiger partial charge in [-0.15, -0.1) is 0 Å². The Morgan fingerprint density at radius 3 is 2.78 bits per heavy atom. The molecule has 0 radical (unpaired) electrons. The van der Waals surface area contributed by atoms with Crippen molar-refractivity contribution in [3.8, 4) is 0 Å². The Balaban J connectivity index is 2.53. The van der Waals surface area contributed by atoms with Crippen LogP contribution in [0.1, 0.15) is 12.6 Å². The minimum Gasteiger partial charge on any atom is -0.370 e. The highest BCUT2D eigenvalue weighted by Gasteiger charge is 2.06. The van der Waals surface area contributed by atoms with E-state index in [-0.39, 0.29) is 5.75 Å². The Morgan fingerprint density at radius 1 is 1.44 bits per heavy atom. The molecule has 0 fully saturated rings. The minimum atomic E-state index is -2.89. The van der Waals surface area contributed by atoms with E-state index in [4.69, 9.17) is 11.6 Å². The fraction of sp³-hybridized carbons (Fsp3) is 0.545. The molecule has 0 bridgehead atoms. The lowest BCUT2D eigenvalue weighted by Gasteiger charge is -2.07. The first-order chi connectivity index (χ1) is 8.42. The van der Waals surface area contributed by atoms with Gasteiger partial charge in [0.2, 0.25) is 0 Å². The van der Waals surface area contributed by atoms with Gasteiger partial charge in [-0.2, -0.15) is 11.8 Å².